The number of anilines is 4. The van der Waals surface area contributed by atoms with Crippen LogP contribution in [0.25, 0.3) is 0 Å². The van der Waals surface area contributed by atoms with Crippen molar-refractivity contribution >= 4 is 46.1 Å². The van der Waals surface area contributed by atoms with Crippen LogP contribution in [0.3, 0.4) is 0 Å². The summed E-state index contributed by atoms with van der Waals surface area (Å²) >= 11 is 11.9. The number of aromatic nitrogens is 2. The van der Waals surface area contributed by atoms with Crippen molar-refractivity contribution in [1.29, 1.82) is 0 Å². The summed E-state index contributed by atoms with van der Waals surface area (Å²) < 4.78 is 0. The first-order valence-corrected chi connectivity index (χ1v) is 9.53. The Hall–Kier alpha value is -2.54. The predicted molar refractivity (Wildman–Crippen MR) is 116 cm³/mol. The first kappa shape index (κ1) is 18.8. The van der Waals surface area contributed by atoms with E-state index in [1.54, 1.807) is 6.20 Å². The van der Waals surface area contributed by atoms with Crippen LogP contribution in [0.4, 0.5) is 22.9 Å². The maximum Gasteiger partial charge on any atom is 0.224 e. The molecule has 8 heteroatoms. The molecule has 3 N–H and O–H groups in total. The third kappa shape index (κ3) is 3.46. The zero-order chi connectivity index (χ0) is 19.9. The van der Waals surface area contributed by atoms with Gasteiger partial charge >= 0.3 is 0 Å². The highest BCUT2D eigenvalue weighted by molar-refractivity contribution is 6.30. The number of rotatable bonds is 4. The lowest BCUT2D eigenvalue weighted by Crippen LogP contribution is -2.58. The van der Waals surface area contributed by atoms with Gasteiger partial charge in [-0.3, -0.25) is 5.73 Å². The fourth-order valence-corrected chi connectivity index (χ4v) is 3.65. The monoisotopic (exact) mass is 414 g/mol. The molecular weight excluding hydrogens is 395 g/mol. The summed E-state index contributed by atoms with van der Waals surface area (Å²) in [6.45, 7) is 0. The summed E-state index contributed by atoms with van der Waals surface area (Å²) in [7, 11) is 3.92. The van der Waals surface area contributed by atoms with Crippen molar-refractivity contribution in [3.63, 3.8) is 0 Å². The van der Waals surface area contributed by atoms with E-state index in [4.69, 9.17) is 28.9 Å². The minimum Gasteiger partial charge on any atom is -0.348 e. The Labute approximate surface area is 173 Å². The van der Waals surface area contributed by atoms with Crippen molar-refractivity contribution in [2.24, 2.45) is 5.73 Å². The maximum absolute atomic E-state index is 6.71. The highest BCUT2D eigenvalue weighted by Crippen LogP contribution is 2.41. The average Bonchev–Trinajstić information content (AvgIpc) is 2.93. The first-order chi connectivity index (χ1) is 13.4. The molecule has 28 heavy (non-hydrogen) atoms. The molecule has 1 unspecified atom stereocenters. The Kier molecular flexibility index (Phi) is 4.79. The molecule has 0 bridgehead atoms. The third-order valence-electron chi connectivity index (χ3n) is 5.02. The number of likely N-dealkylation sites (N-methyl/N-ethyl adjacent to an activating group) is 1. The van der Waals surface area contributed by atoms with Crippen LogP contribution in [-0.2, 0) is 6.42 Å². The highest BCUT2D eigenvalue weighted by Gasteiger charge is 2.38. The number of nitrogens with two attached hydrogens (primary N) is 1. The Morgan fingerprint density at radius 1 is 1.14 bits per heavy atom. The second-order valence-electron chi connectivity index (χ2n) is 6.86. The Bertz CT molecular complexity index is 1010. The van der Waals surface area contributed by atoms with Gasteiger partial charge in [0.25, 0.3) is 0 Å². The summed E-state index contributed by atoms with van der Waals surface area (Å²) in [6, 6.07) is 15.7. The van der Waals surface area contributed by atoms with E-state index < -0.39 is 5.79 Å². The smallest absolute Gasteiger partial charge is 0.224 e. The van der Waals surface area contributed by atoms with Crippen LogP contribution in [0.1, 0.15) is 5.56 Å². The predicted octanol–water partition coefficient (Wildman–Crippen LogP) is 4.27. The lowest BCUT2D eigenvalue weighted by molar-refractivity contribution is 0.491. The molecular formula is C20H20Cl2N6. The molecule has 0 saturated carbocycles. The van der Waals surface area contributed by atoms with Crippen LogP contribution in [0.15, 0.2) is 54.7 Å². The van der Waals surface area contributed by atoms with Crippen molar-refractivity contribution < 1.29 is 0 Å². The number of nitrogens with one attached hydrogen (secondary N) is 1. The molecule has 0 saturated heterocycles. The van der Waals surface area contributed by atoms with Gasteiger partial charge in [0.05, 0.1) is 11.4 Å². The molecule has 0 amide bonds. The minimum atomic E-state index is -0.731. The zero-order valence-electron chi connectivity index (χ0n) is 15.5. The van der Waals surface area contributed by atoms with Gasteiger partial charge < -0.3 is 15.1 Å². The highest BCUT2D eigenvalue weighted by atomic mass is 35.5. The average molecular weight is 415 g/mol. The van der Waals surface area contributed by atoms with E-state index in [-0.39, 0.29) is 5.28 Å². The molecule has 0 aliphatic carbocycles. The van der Waals surface area contributed by atoms with Gasteiger partial charge in [-0.25, -0.2) is 9.97 Å². The molecule has 1 atom stereocenters. The molecule has 1 aliphatic heterocycles. The number of benzene rings is 2. The van der Waals surface area contributed by atoms with Gasteiger partial charge in [-0.2, -0.15) is 0 Å². The Morgan fingerprint density at radius 2 is 1.89 bits per heavy atom. The molecule has 1 aromatic heterocycles. The number of hydrogen-bond acceptors (Lipinski definition) is 6. The van der Waals surface area contributed by atoms with Gasteiger partial charge in [-0.05, 0) is 53.6 Å². The van der Waals surface area contributed by atoms with Gasteiger partial charge in [0.15, 0.2) is 5.79 Å². The Morgan fingerprint density at radius 3 is 2.61 bits per heavy atom. The topological polar surface area (TPSA) is 70.3 Å². The molecule has 144 valence electrons. The molecule has 6 nitrogen and oxygen atoms in total. The van der Waals surface area contributed by atoms with Gasteiger partial charge in [0, 0.05) is 37.4 Å². The third-order valence-corrected chi connectivity index (χ3v) is 5.45. The second kappa shape index (κ2) is 7.13. The maximum atomic E-state index is 6.71. The normalized spacial score (nSPS) is 18.0. The summed E-state index contributed by atoms with van der Waals surface area (Å²) in [5.41, 5.74) is 10.8. The lowest BCUT2D eigenvalue weighted by Gasteiger charge is -2.34. The number of nitrogens with zero attached hydrogens (tertiary/aromatic N) is 4. The van der Waals surface area contributed by atoms with E-state index in [1.807, 2.05) is 61.5 Å². The van der Waals surface area contributed by atoms with Crippen LogP contribution in [0.5, 0.6) is 0 Å². The standard InChI is InChI=1S/C20H20Cl2N6/c1-27(18-9-10-24-19(22)25-18)15-7-8-17-16(11-15)26-20(23,28(17)2)12-13-3-5-14(21)6-4-13/h3-11,26H,12,23H2,1-2H3. The van der Waals surface area contributed by atoms with Crippen molar-refractivity contribution in [1.82, 2.24) is 9.97 Å². The number of hydrogen-bond donors (Lipinski definition) is 2. The van der Waals surface area contributed by atoms with E-state index in [1.165, 1.54) is 0 Å². The fourth-order valence-electron chi connectivity index (χ4n) is 3.38. The molecule has 0 radical (unpaired) electrons. The summed E-state index contributed by atoms with van der Waals surface area (Å²) in [5, 5.41) is 4.39. The quantitative estimate of drug-likeness (QED) is 0.621. The van der Waals surface area contributed by atoms with Crippen LogP contribution in [0, 0.1) is 0 Å². The van der Waals surface area contributed by atoms with E-state index in [0.29, 0.717) is 17.3 Å². The van der Waals surface area contributed by atoms with Crippen LogP contribution in [-0.4, -0.2) is 29.9 Å². The largest absolute Gasteiger partial charge is 0.348 e. The summed E-state index contributed by atoms with van der Waals surface area (Å²) in [6.07, 6.45) is 2.26. The Balaban J connectivity index is 1.60. The number of fused-ring (bicyclic) bond motifs is 1. The van der Waals surface area contributed by atoms with E-state index in [2.05, 4.69) is 26.3 Å². The molecule has 2 heterocycles. The van der Waals surface area contributed by atoms with Crippen molar-refractivity contribution in [3.8, 4) is 0 Å². The van der Waals surface area contributed by atoms with Crippen molar-refractivity contribution in [2.45, 2.75) is 12.2 Å². The van der Waals surface area contributed by atoms with E-state index in [9.17, 15) is 0 Å². The first-order valence-electron chi connectivity index (χ1n) is 8.77. The minimum absolute atomic E-state index is 0.215. The van der Waals surface area contributed by atoms with Gasteiger partial charge in [0.2, 0.25) is 5.28 Å². The summed E-state index contributed by atoms with van der Waals surface area (Å²) in [5.74, 6) is -0.0162. The van der Waals surface area contributed by atoms with Crippen LogP contribution in [0.2, 0.25) is 10.3 Å². The van der Waals surface area contributed by atoms with Crippen LogP contribution < -0.4 is 20.9 Å². The molecule has 2 aromatic carbocycles. The summed E-state index contributed by atoms with van der Waals surface area (Å²) in [4.78, 5) is 12.2. The molecule has 4 rings (SSSR count). The zero-order valence-corrected chi connectivity index (χ0v) is 17.0. The van der Waals surface area contributed by atoms with Gasteiger partial charge in [-0.1, -0.05) is 23.7 Å². The number of halogens is 2. The van der Waals surface area contributed by atoms with Gasteiger partial charge in [0.1, 0.15) is 5.82 Å². The van der Waals surface area contributed by atoms with Crippen molar-refractivity contribution in [3.05, 3.63) is 70.6 Å². The molecule has 0 fully saturated rings. The fraction of sp³-hybridized carbons (Fsp3) is 0.200. The second-order valence-corrected chi connectivity index (χ2v) is 7.63. The van der Waals surface area contributed by atoms with E-state index in [0.717, 1.165) is 22.6 Å². The molecule has 1 aliphatic rings. The van der Waals surface area contributed by atoms with Crippen molar-refractivity contribution in [2.75, 3.05) is 29.2 Å². The molecule has 0 spiro atoms. The van der Waals surface area contributed by atoms with Crippen LogP contribution >= 0.6 is 23.2 Å². The lowest BCUT2D eigenvalue weighted by atomic mass is 10.1. The SMILES string of the molecule is CN(c1ccc2c(c1)NC(N)(Cc1ccc(Cl)cc1)N2C)c1ccnc(Cl)n1. The van der Waals surface area contributed by atoms with Gasteiger partial charge in [-0.15, -0.1) is 0 Å². The van der Waals surface area contributed by atoms with E-state index >= 15 is 0 Å². The molecule has 3 aromatic rings.